The van der Waals surface area contributed by atoms with E-state index in [1.165, 1.54) is 44.1 Å². The summed E-state index contributed by atoms with van der Waals surface area (Å²) in [5.74, 6) is 1.72. The highest BCUT2D eigenvalue weighted by molar-refractivity contribution is 6.18. The standard InChI is InChI=1S/C65H46N2O2/c1-41-36-42(2)64(43(3)37-41)66(48-18-8-5-9-19-48)50-34-35-53-57-39-47-29-28-46(38-56(47)54-22-15-27-61(63(54)57)68-62(53)40-50)44-30-32-49(33-31-44)67(58-24-12-10-20-51(58)45-16-6-4-7-17-45)59-25-14-23-55-52-21-11-13-26-60(52)69-65(55)59/h4-40H,1-3H3. The van der Waals surface area contributed by atoms with Crippen molar-refractivity contribution in [2.45, 2.75) is 20.8 Å². The van der Waals surface area contributed by atoms with Crippen molar-refractivity contribution in [3.63, 3.8) is 0 Å². The minimum Gasteiger partial charge on any atom is -0.456 e. The summed E-state index contributed by atoms with van der Waals surface area (Å²) >= 11 is 0. The van der Waals surface area contributed by atoms with Crippen molar-refractivity contribution >= 4 is 77.6 Å². The third-order valence-electron chi connectivity index (χ3n) is 13.9. The second-order valence-corrected chi connectivity index (χ2v) is 18.3. The molecule has 4 heteroatoms. The van der Waals surface area contributed by atoms with Crippen molar-refractivity contribution in [3.8, 4) is 44.9 Å². The summed E-state index contributed by atoms with van der Waals surface area (Å²) in [6, 6.07) is 80.5. The van der Waals surface area contributed by atoms with Crippen LogP contribution in [0.15, 0.2) is 229 Å². The van der Waals surface area contributed by atoms with Gasteiger partial charge in [0.2, 0.25) is 0 Å². The number of para-hydroxylation sites is 4. The quantitative estimate of drug-likeness (QED) is 0.142. The van der Waals surface area contributed by atoms with E-state index in [2.05, 4.69) is 243 Å². The molecule has 4 nitrogen and oxygen atoms in total. The van der Waals surface area contributed by atoms with Gasteiger partial charge in [0.25, 0.3) is 0 Å². The summed E-state index contributed by atoms with van der Waals surface area (Å²) in [4.78, 5) is 4.71. The van der Waals surface area contributed by atoms with Crippen molar-refractivity contribution in [2.75, 3.05) is 9.80 Å². The lowest BCUT2D eigenvalue weighted by atomic mass is 9.89. The third-order valence-corrected chi connectivity index (χ3v) is 13.9. The van der Waals surface area contributed by atoms with Gasteiger partial charge in [-0.15, -0.1) is 0 Å². The molecule has 0 aliphatic carbocycles. The second-order valence-electron chi connectivity index (χ2n) is 18.3. The zero-order valence-electron chi connectivity index (χ0n) is 38.6. The number of ether oxygens (including phenoxy) is 1. The number of furan rings is 1. The highest BCUT2D eigenvalue weighted by Crippen LogP contribution is 2.52. The first-order chi connectivity index (χ1) is 33.9. The summed E-state index contributed by atoms with van der Waals surface area (Å²) in [5, 5.41) is 6.88. The van der Waals surface area contributed by atoms with E-state index in [0.29, 0.717) is 0 Å². The maximum atomic E-state index is 6.91. The molecule has 1 aromatic heterocycles. The molecule has 0 spiro atoms. The Morgan fingerprint density at radius 2 is 1.01 bits per heavy atom. The van der Waals surface area contributed by atoms with E-state index in [-0.39, 0.29) is 0 Å². The molecule has 0 saturated heterocycles. The molecule has 0 fully saturated rings. The van der Waals surface area contributed by atoms with Crippen LogP contribution in [0.25, 0.3) is 76.9 Å². The molecule has 328 valence electrons. The summed E-state index contributed by atoms with van der Waals surface area (Å²) in [6.45, 7) is 6.57. The molecule has 0 atom stereocenters. The van der Waals surface area contributed by atoms with Gasteiger partial charge in [-0.25, -0.2) is 0 Å². The predicted octanol–water partition coefficient (Wildman–Crippen LogP) is 18.9. The van der Waals surface area contributed by atoms with Gasteiger partial charge in [0.15, 0.2) is 5.58 Å². The Kier molecular flexibility index (Phi) is 9.48. The van der Waals surface area contributed by atoms with Crippen LogP contribution in [0.1, 0.15) is 16.7 Å². The van der Waals surface area contributed by atoms with Crippen LogP contribution in [-0.4, -0.2) is 0 Å². The Morgan fingerprint density at radius 3 is 1.84 bits per heavy atom. The Balaban J connectivity index is 0.901. The Morgan fingerprint density at radius 1 is 0.362 bits per heavy atom. The molecular formula is C65H46N2O2. The van der Waals surface area contributed by atoms with Crippen molar-refractivity contribution in [1.29, 1.82) is 0 Å². The summed E-state index contributed by atoms with van der Waals surface area (Å²) < 4.78 is 13.6. The Bertz CT molecular complexity index is 3940. The highest BCUT2D eigenvalue weighted by Gasteiger charge is 2.26. The van der Waals surface area contributed by atoms with Gasteiger partial charge in [-0.1, -0.05) is 151 Å². The fraction of sp³-hybridized carbons (Fsp3) is 0.0462. The van der Waals surface area contributed by atoms with E-state index < -0.39 is 0 Å². The van der Waals surface area contributed by atoms with Crippen LogP contribution < -0.4 is 14.5 Å². The lowest BCUT2D eigenvalue weighted by Crippen LogP contribution is -2.13. The first kappa shape index (κ1) is 40.4. The number of rotatable bonds is 8. The minimum atomic E-state index is 0.851. The first-order valence-corrected chi connectivity index (χ1v) is 23.7. The molecule has 0 amide bonds. The zero-order valence-corrected chi connectivity index (χ0v) is 38.6. The maximum Gasteiger partial charge on any atom is 0.159 e. The number of benzene rings is 11. The van der Waals surface area contributed by atoms with E-state index in [9.17, 15) is 0 Å². The van der Waals surface area contributed by atoms with E-state index in [1.807, 2.05) is 12.1 Å². The number of hydrogen-bond donors (Lipinski definition) is 0. The minimum absolute atomic E-state index is 0.851. The molecular weight excluding hydrogens is 841 g/mol. The van der Waals surface area contributed by atoms with Gasteiger partial charge in [0.05, 0.1) is 17.1 Å². The fourth-order valence-corrected chi connectivity index (χ4v) is 10.9. The monoisotopic (exact) mass is 886 g/mol. The van der Waals surface area contributed by atoms with Gasteiger partial charge in [-0.3, -0.25) is 0 Å². The maximum absolute atomic E-state index is 6.91. The van der Waals surface area contributed by atoms with Crippen LogP contribution in [0.2, 0.25) is 0 Å². The average molecular weight is 887 g/mol. The zero-order chi connectivity index (χ0) is 46.2. The molecule has 1 aliphatic heterocycles. The number of nitrogens with zero attached hydrogens (tertiary/aromatic N) is 2. The van der Waals surface area contributed by atoms with Crippen molar-refractivity contribution < 1.29 is 9.15 Å². The smallest absolute Gasteiger partial charge is 0.159 e. The molecule has 2 heterocycles. The van der Waals surface area contributed by atoms with Gasteiger partial charge < -0.3 is 19.0 Å². The van der Waals surface area contributed by atoms with E-state index >= 15 is 0 Å². The van der Waals surface area contributed by atoms with Gasteiger partial charge >= 0.3 is 0 Å². The highest BCUT2D eigenvalue weighted by atomic mass is 16.5. The van der Waals surface area contributed by atoms with Gasteiger partial charge in [0, 0.05) is 50.4 Å². The van der Waals surface area contributed by atoms with Crippen LogP contribution in [0.4, 0.5) is 34.1 Å². The summed E-state index contributed by atoms with van der Waals surface area (Å²) in [7, 11) is 0. The Labute approximate surface area is 401 Å². The van der Waals surface area contributed by atoms with E-state index in [1.54, 1.807) is 0 Å². The molecule has 12 aromatic rings. The van der Waals surface area contributed by atoms with Crippen LogP contribution in [0.5, 0.6) is 11.5 Å². The number of aryl methyl sites for hydroxylation is 3. The lowest BCUT2D eigenvalue weighted by Gasteiger charge is -2.30. The van der Waals surface area contributed by atoms with Crippen LogP contribution in [0, 0.1) is 20.8 Å². The summed E-state index contributed by atoms with van der Waals surface area (Å²) in [6.07, 6.45) is 0. The normalized spacial score (nSPS) is 11.8. The largest absolute Gasteiger partial charge is 0.456 e. The first-order valence-electron chi connectivity index (χ1n) is 23.7. The van der Waals surface area contributed by atoms with E-state index in [4.69, 9.17) is 9.15 Å². The molecule has 13 rings (SSSR count). The average Bonchev–Trinajstić information content (AvgIpc) is 3.78. The molecule has 11 aromatic carbocycles. The molecule has 0 bridgehead atoms. The number of fused-ring (bicyclic) bond motifs is 7. The molecule has 69 heavy (non-hydrogen) atoms. The number of hydrogen-bond acceptors (Lipinski definition) is 4. The Hall–Kier alpha value is -8.86. The number of anilines is 6. The van der Waals surface area contributed by atoms with Gasteiger partial charge in [-0.2, -0.15) is 0 Å². The second kappa shape index (κ2) is 16.2. The SMILES string of the molecule is Cc1cc(C)c(N(c2ccccc2)c2ccc3c(c2)Oc2cccc4c2c-3cc2ccc(-c3ccc(N(c5ccccc5-c5ccccc5)c5cccc6c5oc5ccccc56)cc3)cc24)c(C)c1. The van der Waals surface area contributed by atoms with Crippen molar-refractivity contribution in [1.82, 2.24) is 0 Å². The van der Waals surface area contributed by atoms with Gasteiger partial charge in [0.1, 0.15) is 17.1 Å². The lowest BCUT2D eigenvalue weighted by molar-refractivity contribution is 0.487. The predicted molar refractivity (Wildman–Crippen MR) is 289 cm³/mol. The van der Waals surface area contributed by atoms with E-state index in [0.717, 1.165) is 95.1 Å². The third kappa shape index (κ3) is 6.75. The molecule has 1 aliphatic rings. The molecule has 0 radical (unpaired) electrons. The van der Waals surface area contributed by atoms with Crippen LogP contribution >= 0.6 is 0 Å². The van der Waals surface area contributed by atoms with Gasteiger partial charge in [-0.05, 0) is 143 Å². The fourth-order valence-electron chi connectivity index (χ4n) is 10.9. The van der Waals surface area contributed by atoms with Crippen molar-refractivity contribution in [2.24, 2.45) is 0 Å². The topological polar surface area (TPSA) is 28.9 Å². The van der Waals surface area contributed by atoms with Crippen LogP contribution in [0.3, 0.4) is 0 Å². The van der Waals surface area contributed by atoms with Crippen LogP contribution in [-0.2, 0) is 0 Å². The molecule has 0 saturated carbocycles. The van der Waals surface area contributed by atoms with Crippen molar-refractivity contribution in [3.05, 3.63) is 241 Å². The molecule has 0 unspecified atom stereocenters. The summed E-state index contributed by atoms with van der Waals surface area (Å²) in [5.41, 5.74) is 18.7. The molecule has 0 N–H and O–H groups in total.